The highest BCUT2D eigenvalue weighted by Gasteiger charge is 2.39. The molecule has 8 nitrogen and oxygen atoms in total. The van der Waals surface area contributed by atoms with Crippen molar-refractivity contribution in [2.45, 2.75) is 71.0 Å². The van der Waals surface area contributed by atoms with Gasteiger partial charge < -0.3 is 14.2 Å². The molecule has 42 heavy (non-hydrogen) atoms. The number of fused-ring (bicyclic) bond motifs is 1. The maximum Gasteiger partial charge on any atom is 0.308 e. The molecular formula is C33H33NO7S. The molecular weight excluding hydrogens is 554 g/mol. The number of rotatable bonds is 9. The van der Waals surface area contributed by atoms with Gasteiger partial charge in [-0.15, -0.1) is 0 Å². The fourth-order valence-electron chi connectivity index (χ4n) is 5.42. The van der Waals surface area contributed by atoms with Crippen molar-refractivity contribution < 1.29 is 33.4 Å². The molecule has 2 heterocycles. The fourth-order valence-corrected chi connectivity index (χ4v) is 6.28. The van der Waals surface area contributed by atoms with Crippen LogP contribution in [0.25, 0.3) is 11.1 Å². The van der Waals surface area contributed by atoms with Crippen LogP contribution in [0.4, 0.5) is 4.79 Å². The van der Waals surface area contributed by atoms with Gasteiger partial charge in [0.15, 0.2) is 11.9 Å². The van der Waals surface area contributed by atoms with E-state index in [-0.39, 0.29) is 29.8 Å². The third kappa shape index (κ3) is 6.06. The maximum atomic E-state index is 13.7. The Balaban J connectivity index is 1.40. The van der Waals surface area contributed by atoms with Crippen LogP contribution in [-0.4, -0.2) is 40.5 Å². The number of amides is 2. The summed E-state index contributed by atoms with van der Waals surface area (Å²) < 4.78 is 18.3. The summed E-state index contributed by atoms with van der Waals surface area (Å²) in [7, 11) is 0. The molecule has 0 radical (unpaired) electrons. The lowest BCUT2D eigenvalue weighted by Crippen LogP contribution is -2.44. The molecule has 0 aliphatic carbocycles. The average Bonchev–Trinajstić information content (AvgIpc) is 3.28. The van der Waals surface area contributed by atoms with Gasteiger partial charge in [0, 0.05) is 6.42 Å². The van der Waals surface area contributed by atoms with Crippen molar-refractivity contribution in [2.24, 2.45) is 0 Å². The zero-order chi connectivity index (χ0) is 30.0. The van der Waals surface area contributed by atoms with Gasteiger partial charge in [-0.3, -0.25) is 24.5 Å². The number of nitrogens with one attached hydrogen (secondary N) is 1. The van der Waals surface area contributed by atoms with Crippen molar-refractivity contribution in [3.63, 3.8) is 0 Å². The summed E-state index contributed by atoms with van der Waals surface area (Å²) >= 11 is 0.974. The first-order valence-corrected chi connectivity index (χ1v) is 14.9. The van der Waals surface area contributed by atoms with Crippen molar-refractivity contribution in [1.82, 2.24) is 5.32 Å². The Hall–Kier alpha value is -4.11. The Morgan fingerprint density at radius 1 is 0.976 bits per heavy atom. The lowest BCUT2D eigenvalue weighted by Gasteiger charge is -2.33. The number of carbonyl (C=O) groups excluding carboxylic acids is 4. The number of thioether (sulfide) groups is 1. The van der Waals surface area contributed by atoms with Gasteiger partial charge in [0.25, 0.3) is 11.5 Å². The molecule has 3 atom stereocenters. The molecule has 1 fully saturated rings. The first-order chi connectivity index (χ1) is 20.2. The van der Waals surface area contributed by atoms with Crippen LogP contribution in [0.1, 0.15) is 58.8 Å². The average molecular weight is 588 g/mol. The number of Topliss-reactive ketones (excluding diaryl/α,β-unsaturated/α-hetero) is 1. The minimum Gasteiger partial charge on any atom is -0.481 e. The number of ether oxygens (including phenoxy) is 3. The molecule has 2 amide bonds. The van der Waals surface area contributed by atoms with Crippen LogP contribution >= 0.6 is 11.8 Å². The van der Waals surface area contributed by atoms with Crippen molar-refractivity contribution in [3.05, 3.63) is 82.4 Å². The number of hydrogen-bond acceptors (Lipinski definition) is 8. The molecule has 5 rings (SSSR count). The Bertz CT molecular complexity index is 1530. The van der Waals surface area contributed by atoms with E-state index in [0.717, 1.165) is 45.1 Å². The van der Waals surface area contributed by atoms with Gasteiger partial charge in [-0.05, 0) is 79.1 Å². The molecule has 3 aromatic carbocycles. The zero-order valence-corrected chi connectivity index (χ0v) is 24.8. The first-order valence-electron chi connectivity index (χ1n) is 14.0. The van der Waals surface area contributed by atoms with E-state index in [2.05, 4.69) is 5.32 Å². The van der Waals surface area contributed by atoms with E-state index >= 15 is 0 Å². The quantitative estimate of drug-likeness (QED) is 0.231. The van der Waals surface area contributed by atoms with Crippen LogP contribution < -0.4 is 14.8 Å². The topological polar surface area (TPSA) is 108 Å². The standard InChI is InChI=1S/C33H33NO7S/c1-5-9-27(36)41-32(39-23-14-12-21(13-15-23)16-26-31(37)34-33(38)42-26)25-17-24(35)29-20(4)28(22-10-7-6-8-11-22)18(2)19(3)30(29)40-25/h6-8,10-15,25-26,32H,5,9,16-17H2,1-4H3,(H,34,37,38). The second kappa shape index (κ2) is 12.4. The molecule has 0 bridgehead atoms. The largest absolute Gasteiger partial charge is 0.481 e. The van der Waals surface area contributed by atoms with Gasteiger partial charge in [-0.25, -0.2) is 0 Å². The Kier molecular flexibility index (Phi) is 8.68. The van der Waals surface area contributed by atoms with Gasteiger partial charge >= 0.3 is 5.97 Å². The first kappa shape index (κ1) is 29.4. The van der Waals surface area contributed by atoms with Crippen molar-refractivity contribution in [1.29, 1.82) is 0 Å². The van der Waals surface area contributed by atoms with Crippen LogP contribution in [0.2, 0.25) is 0 Å². The molecule has 3 unspecified atom stereocenters. The summed E-state index contributed by atoms with van der Waals surface area (Å²) in [6.07, 6.45) is -0.841. The summed E-state index contributed by atoms with van der Waals surface area (Å²) in [6.45, 7) is 7.77. The molecule has 1 N–H and O–H groups in total. The third-order valence-corrected chi connectivity index (χ3v) is 8.60. The molecule has 3 aromatic rings. The zero-order valence-electron chi connectivity index (χ0n) is 24.0. The Morgan fingerprint density at radius 2 is 1.69 bits per heavy atom. The van der Waals surface area contributed by atoms with Crippen LogP contribution in [0.15, 0.2) is 54.6 Å². The molecule has 2 aliphatic heterocycles. The van der Waals surface area contributed by atoms with E-state index < -0.39 is 23.6 Å². The Morgan fingerprint density at radius 3 is 2.33 bits per heavy atom. The second-order valence-electron chi connectivity index (χ2n) is 10.6. The van der Waals surface area contributed by atoms with E-state index in [4.69, 9.17) is 14.2 Å². The second-order valence-corrected chi connectivity index (χ2v) is 11.7. The SMILES string of the molecule is CCCC(=O)OC(Oc1ccc(CC2SC(=O)NC2=O)cc1)C1CC(=O)c2c(C)c(-c3ccccc3)c(C)c(C)c2O1. The highest BCUT2D eigenvalue weighted by Crippen LogP contribution is 2.42. The number of imide groups is 1. The van der Waals surface area contributed by atoms with Crippen molar-refractivity contribution >= 4 is 34.7 Å². The maximum absolute atomic E-state index is 13.7. The predicted octanol–water partition coefficient (Wildman–Crippen LogP) is 6.26. The number of carbonyl (C=O) groups is 4. The summed E-state index contributed by atoms with van der Waals surface area (Å²) in [5.74, 6) is 0.0559. The molecule has 218 valence electrons. The summed E-state index contributed by atoms with van der Waals surface area (Å²) in [5.41, 5.74) is 6.16. The number of hydrogen-bond donors (Lipinski definition) is 1. The monoisotopic (exact) mass is 587 g/mol. The molecule has 1 saturated heterocycles. The lowest BCUT2D eigenvalue weighted by atomic mass is 9.84. The highest BCUT2D eigenvalue weighted by molar-refractivity contribution is 8.15. The molecule has 9 heteroatoms. The number of esters is 1. The normalized spacial score (nSPS) is 18.6. The number of ketones is 1. The van der Waals surface area contributed by atoms with E-state index in [0.29, 0.717) is 29.9 Å². The highest BCUT2D eigenvalue weighted by atomic mass is 32.2. The van der Waals surface area contributed by atoms with Gasteiger partial charge in [-0.2, -0.15) is 0 Å². The van der Waals surface area contributed by atoms with Crippen LogP contribution in [-0.2, 0) is 20.7 Å². The number of benzene rings is 3. The van der Waals surface area contributed by atoms with Crippen LogP contribution in [0, 0.1) is 20.8 Å². The lowest BCUT2D eigenvalue weighted by molar-refractivity contribution is -0.177. The van der Waals surface area contributed by atoms with Gasteiger partial charge in [-0.1, -0.05) is 61.2 Å². The van der Waals surface area contributed by atoms with E-state index in [1.165, 1.54) is 0 Å². The van der Waals surface area contributed by atoms with Crippen molar-refractivity contribution in [2.75, 3.05) is 0 Å². The smallest absolute Gasteiger partial charge is 0.308 e. The van der Waals surface area contributed by atoms with Crippen LogP contribution in [0.5, 0.6) is 11.5 Å². The van der Waals surface area contributed by atoms with Gasteiger partial charge in [0.1, 0.15) is 11.5 Å². The van der Waals surface area contributed by atoms with E-state index in [9.17, 15) is 19.2 Å². The van der Waals surface area contributed by atoms with E-state index in [1.54, 1.807) is 24.3 Å². The predicted molar refractivity (Wildman–Crippen MR) is 160 cm³/mol. The molecule has 0 spiro atoms. The Labute approximate surface area is 249 Å². The van der Waals surface area contributed by atoms with Gasteiger partial charge in [0.2, 0.25) is 5.91 Å². The fraction of sp³-hybridized carbons (Fsp3) is 0.333. The summed E-state index contributed by atoms with van der Waals surface area (Å²) in [4.78, 5) is 49.7. The minimum absolute atomic E-state index is 0.0191. The molecule has 2 aliphatic rings. The molecule has 0 aromatic heterocycles. The molecule has 0 saturated carbocycles. The summed E-state index contributed by atoms with van der Waals surface area (Å²) in [6, 6.07) is 17.0. The van der Waals surface area contributed by atoms with Crippen LogP contribution in [0.3, 0.4) is 0 Å². The summed E-state index contributed by atoms with van der Waals surface area (Å²) in [5, 5.41) is 1.47. The third-order valence-electron chi connectivity index (χ3n) is 7.62. The van der Waals surface area contributed by atoms with Gasteiger partial charge in [0.05, 0.1) is 17.2 Å². The minimum atomic E-state index is -1.16. The van der Waals surface area contributed by atoms with E-state index in [1.807, 2.05) is 58.0 Å². The van der Waals surface area contributed by atoms with Crippen molar-refractivity contribution in [3.8, 4) is 22.6 Å².